The summed E-state index contributed by atoms with van der Waals surface area (Å²) >= 11 is 0. The number of rotatable bonds is 5. The molecule has 2 saturated heterocycles. The topological polar surface area (TPSA) is 52.7 Å². The van der Waals surface area contributed by atoms with Crippen LogP contribution in [0.5, 0.6) is 0 Å². The molecule has 1 N–H and O–H groups in total. The first-order valence-corrected chi connectivity index (χ1v) is 9.97. The Morgan fingerprint density at radius 2 is 1.86 bits per heavy atom. The minimum atomic E-state index is -3.25. The SMILES string of the molecule is CC1CCCCN1S(=O)(=O)N1CCCC(CNC2CC2)C1. The van der Waals surface area contributed by atoms with Crippen molar-refractivity contribution in [3.8, 4) is 0 Å². The normalized spacial score (nSPS) is 33.2. The molecule has 0 bridgehead atoms. The molecule has 5 nitrogen and oxygen atoms in total. The van der Waals surface area contributed by atoms with Gasteiger partial charge in [0.2, 0.25) is 0 Å². The van der Waals surface area contributed by atoms with E-state index in [2.05, 4.69) is 5.32 Å². The zero-order valence-electron chi connectivity index (χ0n) is 13.1. The minimum Gasteiger partial charge on any atom is -0.314 e. The predicted molar refractivity (Wildman–Crippen MR) is 84.3 cm³/mol. The Labute approximate surface area is 129 Å². The van der Waals surface area contributed by atoms with Crippen LogP contribution in [0.25, 0.3) is 0 Å². The van der Waals surface area contributed by atoms with Crippen LogP contribution in [-0.4, -0.2) is 55.3 Å². The van der Waals surface area contributed by atoms with Gasteiger partial charge in [-0.05, 0) is 57.9 Å². The summed E-state index contributed by atoms with van der Waals surface area (Å²) in [5.41, 5.74) is 0. The Kier molecular flexibility index (Phi) is 4.88. The summed E-state index contributed by atoms with van der Waals surface area (Å²) in [6.07, 6.45) is 7.89. The molecule has 3 rings (SSSR count). The highest BCUT2D eigenvalue weighted by Crippen LogP contribution is 2.27. The quantitative estimate of drug-likeness (QED) is 0.838. The van der Waals surface area contributed by atoms with E-state index in [-0.39, 0.29) is 6.04 Å². The smallest absolute Gasteiger partial charge is 0.282 e. The summed E-state index contributed by atoms with van der Waals surface area (Å²) in [5, 5.41) is 3.55. The van der Waals surface area contributed by atoms with Gasteiger partial charge in [-0.15, -0.1) is 0 Å². The van der Waals surface area contributed by atoms with Crippen LogP contribution in [0.4, 0.5) is 0 Å². The highest BCUT2D eigenvalue weighted by Gasteiger charge is 2.37. The molecule has 1 saturated carbocycles. The molecule has 2 aliphatic heterocycles. The second kappa shape index (κ2) is 6.52. The third kappa shape index (κ3) is 3.78. The zero-order valence-corrected chi connectivity index (χ0v) is 13.9. The lowest BCUT2D eigenvalue weighted by atomic mass is 10.00. The van der Waals surface area contributed by atoms with Gasteiger partial charge in [0.15, 0.2) is 0 Å². The highest BCUT2D eigenvalue weighted by atomic mass is 32.2. The monoisotopic (exact) mass is 315 g/mol. The molecule has 0 amide bonds. The van der Waals surface area contributed by atoms with E-state index in [9.17, 15) is 8.42 Å². The molecular weight excluding hydrogens is 286 g/mol. The number of hydrogen-bond donors (Lipinski definition) is 1. The average molecular weight is 315 g/mol. The molecule has 2 unspecified atom stereocenters. The van der Waals surface area contributed by atoms with Gasteiger partial charge in [-0.2, -0.15) is 17.0 Å². The van der Waals surface area contributed by atoms with E-state index in [1.54, 1.807) is 8.61 Å². The fraction of sp³-hybridized carbons (Fsp3) is 1.00. The van der Waals surface area contributed by atoms with Crippen molar-refractivity contribution in [3.05, 3.63) is 0 Å². The van der Waals surface area contributed by atoms with E-state index in [0.717, 1.165) is 38.6 Å². The molecular formula is C15H29N3O2S. The molecule has 1 aliphatic carbocycles. The second-order valence-electron chi connectivity index (χ2n) is 7.01. The van der Waals surface area contributed by atoms with Crippen molar-refractivity contribution in [2.24, 2.45) is 5.92 Å². The fourth-order valence-electron chi connectivity index (χ4n) is 3.59. The van der Waals surface area contributed by atoms with Gasteiger partial charge in [0.05, 0.1) is 0 Å². The Balaban J connectivity index is 1.60. The van der Waals surface area contributed by atoms with Crippen molar-refractivity contribution in [3.63, 3.8) is 0 Å². The van der Waals surface area contributed by atoms with Crippen LogP contribution >= 0.6 is 0 Å². The first kappa shape index (κ1) is 15.7. The second-order valence-corrected chi connectivity index (χ2v) is 8.89. The van der Waals surface area contributed by atoms with Crippen LogP contribution in [0.2, 0.25) is 0 Å². The van der Waals surface area contributed by atoms with E-state index in [1.807, 2.05) is 6.92 Å². The lowest BCUT2D eigenvalue weighted by molar-refractivity contribution is 0.211. The van der Waals surface area contributed by atoms with Crippen LogP contribution in [0, 0.1) is 5.92 Å². The minimum absolute atomic E-state index is 0.161. The molecule has 0 spiro atoms. The van der Waals surface area contributed by atoms with Crippen LogP contribution in [0.1, 0.15) is 51.9 Å². The molecule has 0 radical (unpaired) electrons. The van der Waals surface area contributed by atoms with E-state index in [4.69, 9.17) is 0 Å². The lowest BCUT2D eigenvalue weighted by Gasteiger charge is -2.39. The van der Waals surface area contributed by atoms with Crippen LogP contribution < -0.4 is 5.32 Å². The van der Waals surface area contributed by atoms with E-state index < -0.39 is 10.2 Å². The van der Waals surface area contributed by atoms with Gasteiger partial charge in [0.25, 0.3) is 10.2 Å². The molecule has 2 atom stereocenters. The Morgan fingerprint density at radius 3 is 2.57 bits per heavy atom. The fourth-order valence-corrected chi connectivity index (χ4v) is 5.56. The summed E-state index contributed by atoms with van der Waals surface area (Å²) in [5.74, 6) is 0.481. The summed E-state index contributed by atoms with van der Waals surface area (Å²) in [6, 6.07) is 0.868. The molecule has 3 aliphatic rings. The van der Waals surface area contributed by atoms with E-state index >= 15 is 0 Å². The zero-order chi connectivity index (χ0) is 14.9. The van der Waals surface area contributed by atoms with Crippen molar-refractivity contribution in [1.29, 1.82) is 0 Å². The summed E-state index contributed by atoms with van der Waals surface area (Å²) in [4.78, 5) is 0. The number of nitrogens with one attached hydrogen (secondary N) is 1. The predicted octanol–water partition coefficient (Wildman–Crippen LogP) is 1.57. The van der Waals surface area contributed by atoms with Crippen LogP contribution in [0.3, 0.4) is 0 Å². The molecule has 0 aromatic rings. The van der Waals surface area contributed by atoms with E-state index in [0.29, 0.717) is 31.6 Å². The van der Waals surface area contributed by atoms with Gasteiger partial charge in [-0.1, -0.05) is 6.42 Å². The lowest BCUT2D eigenvalue weighted by Crippen LogP contribution is -2.53. The molecule has 21 heavy (non-hydrogen) atoms. The Morgan fingerprint density at radius 1 is 1.05 bits per heavy atom. The third-order valence-electron chi connectivity index (χ3n) is 5.12. The van der Waals surface area contributed by atoms with Gasteiger partial charge in [0, 0.05) is 31.7 Å². The number of nitrogens with zero attached hydrogens (tertiary/aromatic N) is 2. The summed E-state index contributed by atoms with van der Waals surface area (Å²) in [6.45, 7) is 5.13. The average Bonchev–Trinajstić information content (AvgIpc) is 3.30. The molecule has 6 heteroatoms. The van der Waals surface area contributed by atoms with Crippen LogP contribution in [-0.2, 0) is 10.2 Å². The maximum Gasteiger partial charge on any atom is 0.282 e. The maximum atomic E-state index is 12.9. The van der Waals surface area contributed by atoms with Crippen molar-refractivity contribution in [2.45, 2.75) is 64.0 Å². The first-order chi connectivity index (χ1) is 10.1. The van der Waals surface area contributed by atoms with Gasteiger partial charge < -0.3 is 5.32 Å². The number of hydrogen-bond acceptors (Lipinski definition) is 3. The Bertz CT molecular complexity index is 450. The first-order valence-electron chi connectivity index (χ1n) is 8.57. The maximum absolute atomic E-state index is 12.9. The summed E-state index contributed by atoms with van der Waals surface area (Å²) < 4.78 is 29.2. The van der Waals surface area contributed by atoms with Crippen molar-refractivity contribution in [2.75, 3.05) is 26.2 Å². The van der Waals surface area contributed by atoms with Gasteiger partial charge in [0.1, 0.15) is 0 Å². The van der Waals surface area contributed by atoms with Crippen molar-refractivity contribution < 1.29 is 8.42 Å². The highest BCUT2D eigenvalue weighted by molar-refractivity contribution is 7.86. The molecule has 0 aromatic heterocycles. The molecule has 0 aromatic carbocycles. The molecule has 122 valence electrons. The summed E-state index contributed by atoms with van der Waals surface area (Å²) in [7, 11) is -3.25. The third-order valence-corrected chi connectivity index (χ3v) is 7.24. The Hall–Kier alpha value is -0.170. The van der Waals surface area contributed by atoms with Crippen molar-refractivity contribution in [1.82, 2.24) is 13.9 Å². The van der Waals surface area contributed by atoms with Crippen LogP contribution in [0.15, 0.2) is 0 Å². The number of piperidine rings is 2. The van der Waals surface area contributed by atoms with Crippen molar-refractivity contribution >= 4 is 10.2 Å². The molecule has 2 heterocycles. The van der Waals surface area contributed by atoms with Gasteiger partial charge in [-0.3, -0.25) is 0 Å². The molecule has 3 fully saturated rings. The largest absolute Gasteiger partial charge is 0.314 e. The standard InChI is InChI=1S/C15H29N3O2S/c1-13-5-2-3-10-18(13)21(19,20)17-9-4-6-14(12-17)11-16-15-7-8-15/h13-16H,2-12H2,1H3. The van der Waals surface area contributed by atoms with E-state index in [1.165, 1.54) is 12.8 Å². The van der Waals surface area contributed by atoms with Gasteiger partial charge in [-0.25, -0.2) is 0 Å². The van der Waals surface area contributed by atoms with Gasteiger partial charge >= 0.3 is 0 Å².